The van der Waals surface area contributed by atoms with Crippen molar-refractivity contribution in [1.29, 1.82) is 0 Å². The molecule has 0 saturated carbocycles. The third kappa shape index (κ3) is 4.13. The lowest BCUT2D eigenvalue weighted by molar-refractivity contribution is -0.137. The second kappa shape index (κ2) is 9.09. The zero-order chi connectivity index (χ0) is 26.6. The average Bonchev–Trinajstić information content (AvgIpc) is 2.86. The van der Waals surface area contributed by atoms with Crippen LogP contribution in [0.4, 0.5) is 19.0 Å². The molecule has 11 heteroatoms. The van der Waals surface area contributed by atoms with Gasteiger partial charge in [-0.05, 0) is 37.6 Å². The van der Waals surface area contributed by atoms with Gasteiger partial charge in [0.2, 0.25) is 5.91 Å². The molecule has 5 rings (SSSR count). The fraction of sp³-hybridized carbons (Fsp3) is 0.346. The Morgan fingerprint density at radius 2 is 1.95 bits per heavy atom. The third-order valence-corrected chi connectivity index (χ3v) is 7.23. The molecule has 0 bridgehead atoms. The van der Waals surface area contributed by atoms with Crippen LogP contribution in [-0.2, 0) is 17.5 Å². The topological polar surface area (TPSA) is 67.7 Å². The summed E-state index contributed by atoms with van der Waals surface area (Å²) >= 11 is 6.67. The molecule has 1 aromatic heterocycles. The second-order valence-corrected chi connectivity index (χ2v) is 9.67. The molecule has 0 aliphatic carbocycles. The number of hydrogen-bond acceptors (Lipinski definition) is 5. The van der Waals surface area contributed by atoms with Gasteiger partial charge < -0.3 is 14.5 Å². The van der Waals surface area contributed by atoms with E-state index in [4.69, 9.17) is 16.3 Å². The van der Waals surface area contributed by atoms with Crippen LogP contribution in [0.15, 0.2) is 47.8 Å². The first-order chi connectivity index (χ1) is 17.5. The van der Waals surface area contributed by atoms with E-state index >= 15 is 0 Å². The van der Waals surface area contributed by atoms with E-state index in [0.717, 1.165) is 6.07 Å². The largest absolute Gasteiger partial charge is 0.489 e. The molecular formula is C26H24ClF3N4O3. The number of piperazine rings is 1. The molecule has 37 heavy (non-hydrogen) atoms. The van der Waals surface area contributed by atoms with Gasteiger partial charge in [0.1, 0.15) is 12.4 Å². The number of nitrogens with zero attached hydrogens (tertiary/aromatic N) is 4. The van der Waals surface area contributed by atoms with Crippen LogP contribution in [0.3, 0.4) is 0 Å². The minimum Gasteiger partial charge on any atom is -0.489 e. The average molecular weight is 533 g/mol. The number of hydrogen-bond donors (Lipinski definition) is 0. The number of ether oxygens (including phenoxy) is 1. The van der Waals surface area contributed by atoms with Gasteiger partial charge in [-0.25, -0.2) is 4.79 Å². The maximum atomic E-state index is 13.9. The summed E-state index contributed by atoms with van der Waals surface area (Å²) < 4.78 is 49.0. The minimum absolute atomic E-state index is 0.0514. The van der Waals surface area contributed by atoms with E-state index in [2.05, 4.69) is 11.6 Å². The van der Waals surface area contributed by atoms with Gasteiger partial charge >= 0.3 is 11.9 Å². The number of benzene rings is 2. The summed E-state index contributed by atoms with van der Waals surface area (Å²) in [6, 6.07) is 6.29. The van der Waals surface area contributed by atoms with Crippen LogP contribution < -0.4 is 15.3 Å². The normalized spacial score (nSPS) is 19.6. The number of halogens is 4. The smallest absolute Gasteiger partial charge is 0.417 e. The van der Waals surface area contributed by atoms with Gasteiger partial charge in [0.15, 0.2) is 5.75 Å². The maximum Gasteiger partial charge on any atom is 0.417 e. The van der Waals surface area contributed by atoms with Gasteiger partial charge in [-0.15, -0.1) is 0 Å². The van der Waals surface area contributed by atoms with Crippen molar-refractivity contribution in [2.75, 3.05) is 24.6 Å². The number of aromatic nitrogens is 2. The number of amides is 1. The summed E-state index contributed by atoms with van der Waals surface area (Å²) in [5, 5.41) is 0.547. The molecule has 2 atom stereocenters. The number of alkyl halides is 3. The van der Waals surface area contributed by atoms with Gasteiger partial charge in [-0.3, -0.25) is 9.36 Å². The number of anilines is 1. The van der Waals surface area contributed by atoms with Crippen molar-refractivity contribution in [3.63, 3.8) is 0 Å². The second-order valence-electron chi connectivity index (χ2n) is 9.27. The van der Waals surface area contributed by atoms with Gasteiger partial charge in [0.25, 0.3) is 0 Å². The summed E-state index contributed by atoms with van der Waals surface area (Å²) in [4.78, 5) is 33.4. The lowest BCUT2D eigenvalue weighted by Gasteiger charge is -2.44. The Morgan fingerprint density at radius 1 is 1.22 bits per heavy atom. The zero-order valence-corrected chi connectivity index (χ0v) is 20.9. The highest BCUT2D eigenvalue weighted by molar-refractivity contribution is 6.35. The molecular weight excluding hydrogens is 509 g/mol. The zero-order valence-electron chi connectivity index (χ0n) is 20.2. The van der Waals surface area contributed by atoms with Crippen LogP contribution in [0.5, 0.6) is 5.75 Å². The molecule has 1 saturated heterocycles. The Bertz CT molecular complexity index is 1490. The summed E-state index contributed by atoms with van der Waals surface area (Å²) in [7, 11) is 0. The Morgan fingerprint density at radius 3 is 2.65 bits per heavy atom. The summed E-state index contributed by atoms with van der Waals surface area (Å²) in [6.07, 6.45) is -3.35. The molecule has 0 radical (unpaired) electrons. The van der Waals surface area contributed by atoms with Crippen LogP contribution in [0.2, 0.25) is 5.02 Å². The van der Waals surface area contributed by atoms with Crippen molar-refractivity contribution in [3.8, 4) is 16.9 Å². The van der Waals surface area contributed by atoms with E-state index in [1.807, 2.05) is 18.7 Å². The van der Waals surface area contributed by atoms with E-state index in [1.54, 1.807) is 11.0 Å². The predicted molar refractivity (Wildman–Crippen MR) is 135 cm³/mol. The first-order valence-corrected chi connectivity index (χ1v) is 12.2. The van der Waals surface area contributed by atoms with Crippen molar-refractivity contribution in [3.05, 3.63) is 64.1 Å². The lowest BCUT2D eigenvalue weighted by atomic mass is 9.96. The van der Waals surface area contributed by atoms with Crippen LogP contribution in [-0.4, -0.2) is 52.1 Å². The highest BCUT2D eigenvalue weighted by Crippen LogP contribution is 2.48. The molecule has 0 N–H and O–H groups in total. The van der Waals surface area contributed by atoms with E-state index < -0.39 is 17.4 Å². The molecule has 3 aromatic rings. The molecule has 2 aliphatic heterocycles. The lowest BCUT2D eigenvalue weighted by Crippen LogP contribution is -2.58. The standard InChI is InChI=1S/C26H24ClF3N4O3/c1-4-20(35)33-12-15(3)34(13-14(33)2)24-17-11-19(27)21(16-7-5-6-8-18(16)26(28,29)30)23-22(17)32(9-10-37-23)25(36)31-24/h4-8,11,14-15H,1,9-10,12-13H2,2-3H3/t14-,15+/m1/s1. The Labute approximate surface area is 215 Å². The van der Waals surface area contributed by atoms with Crippen molar-refractivity contribution in [2.45, 2.75) is 38.7 Å². The van der Waals surface area contributed by atoms with E-state index in [1.165, 1.54) is 28.8 Å². The first-order valence-electron chi connectivity index (χ1n) is 11.8. The van der Waals surface area contributed by atoms with Crippen molar-refractivity contribution in [1.82, 2.24) is 14.5 Å². The molecule has 1 amide bonds. The molecule has 7 nitrogen and oxygen atoms in total. The van der Waals surface area contributed by atoms with E-state index in [0.29, 0.717) is 29.8 Å². The number of rotatable bonds is 3. The van der Waals surface area contributed by atoms with E-state index in [-0.39, 0.29) is 53.0 Å². The quantitative estimate of drug-likeness (QED) is 0.456. The van der Waals surface area contributed by atoms with Crippen LogP contribution in [0.25, 0.3) is 22.0 Å². The van der Waals surface area contributed by atoms with Gasteiger partial charge in [-0.2, -0.15) is 18.2 Å². The van der Waals surface area contributed by atoms with E-state index in [9.17, 15) is 22.8 Å². The van der Waals surface area contributed by atoms with Crippen LogP contribution in [0.1, 0.15) is 19.4 Å². The van der Waals surface area contributed by atoms with Crippen molar-refractivity contribution < 1.29 is 22.7 Å². The minimum atomic E-state index is -4.62. The highest BCUT2D eigenvalue weighted by atomic mass is 35.5. The Hall–Kier alpha value is -3.53. The van der Waals surface area contributed by atoms with Crippen molar-refractivity contribution in [2.24, 2.45) is 0 Å². The molecule has 2 aliphatic rings. The third-order valence-electron chi connectivity index (χ3n) is 6.93. The fourth-order valence-electron chi connectivity index (χ4n) is 5.21. The molecule has 1 fully saturated rings. The monoisotopic (exact) mass is 532 g/mol. The van der Waals surface area contributed by atoms with Gasteiger partial charge in [0, 0.05) is 36.1 Å². The first kappa shape index (κ1) is 25.1. The van der Waals surface area contributed by atoms with Gasteiger partial charge in [0.05, 0.1) is 22.6 Å². The molecule has 2 aromatic carbocycles. The van der Waals surface area contributed by atoms with Crippen molar-refractivity contribution >= 4 is 34.2 Å². The van der Waals surface area contributed by atoms with Crippen LogP contribution in [0, 0.1) is 0 Å². The predicted octanol–water partition coefficient (Wildman–Crippen LogP) is 4.74. The summed E-state index contributed by atoms with van der Waals surface area (Å²) in [6.45, 7) is 8.42. The molecule has 0 spiro atoms. The fourth-order valence-corrected chi connectivity index (χ4v) is 5.51. The maximum absolute atomic E-state index is 13.9. The summed E-state index contributed by atoms with van der Waals surface area (Å²) in [5.74, 6) is 0.284. The number of carbonyl (C=O) groups is 1. The Kier molecular flexibility index (Phi) is 6.18. The summed E-state index contributed by atoms with van der Waals surface area (Å²) in [5.41, 5.74) is -1.09. The SMILES string of the molecule is C=CC(=O)N1C[C@H](C)N(c2nc(=O)n3c4c(c(-c5ccccc5C(F)(F)F)c(Cl)cc24)OCC3)C[C@H]1C. The molecule has 194 valence electrons. The number of carbonyl (C=O) groups excluding carboxylic acids is 1. The molecule has 3 heterocycles. The van der Waals surface area contributed by atoms with Gasteiger partial charge in [-0.1, -0.05) is 36.4 Å². The molecule has 0 unspecified atom stereocenters. The van der Waals surface area contributed by atoms with Crippen LogP contribution >= 0.6 is 11.6 Å². The Balaban J connectivity index is 1.74. The highest BCUT2D eigenvalue weighted by Gasteiger charge is 2.37.